The number of hydrogen-bond donors (Lipinski definition) is 0. The van der Waals surface area contributed by atoms with Crippen LogP contribution < -0.4 is 4.90 Å². The van der Waals surface area contributed by atoms with Crippen LogP contribution in [-0.2, 0) is 0 Å². The molecule has 0 spiro atoms. The quantitative estimate of drug-likeness (QED) is 0.271. The second-order valence-electron chi connectivity index (χ2n) is 7.84. The highest BCUT2D eigenvalue weighted by Gasteiger charge is 2.19. The maximum atomic E-state index is 2.42. The highest BCUT2D eigenvalue weighted by molar-refractivity contribution is 6.15. The third-order valence-electron chi connectivity index (χ3n) is 5.99. The molecule has 1 nitrogen and oxygen atoms in total. The van der Waals surface area contributed by atoms with Crippen LogP contribution in [0, 0.1) is 0 Å². The van der Waals surface area contributed by atoms with Crippen molar-refractivity contribution in [2.24, 2.45) is 0 Å². The van der Waals surface area contributed by atoms with Crippen molar-refractivity contribution in [3.63, 3.8) is 0 Å². The van der Waals surface area contributed by atoms with Crippen LogP contribution in [0.5, 0.6) is 0 Å². The third-order valence-corrected chi connectivity index (χ3v) is 5.99. The van der Waals surface area contributed by atoms with Crippen LogP contribution in [-0.4, -0.2) is 0 Å². The summed E-state index contributed by atoms with van der Waals surface area (Å²) in [6.07, 6.45) is 0. The molecule has 0 N–H and O–H groups in total. The van der Waals surface area contributed by atoms with Gasteiger partial charge in [0.15, 0.2) is 0 Å². The van der Waals surface area contributed by atoms with Crippen molar-refractivity contribution in [3.8, 4) is 0 Å². The average molecular weight is 396 g/mol. The van der Waals surface area contributed by atoms with Crippen molar-refractivity contribution >= 4 is 49.4 Å². The molecule has 0 aromatic heterocycles. The molecule has 31 heavy (non-hydrogen) atoms. The highest BCUT2D eigenvalue weighted by Crippen LogP contribution is 2.45. The van der Waals surface area contributed by atoms with E-state index in [1.807, 2.05) is 0 Å². The monoisotopic (exact) mass is 395 g/mol. The minimum atomic E-state index is 1.15. The smallest absolute Gasteiger partial charge is 0.0618 e. The van der Waals surface area contributed by atoms with E-state index in [1.165, 1.54) is 43.7 Å². The van der Waals surface area contributed by atoms with Gasteiger partial charge in [0.2, 0.25) is 0 Å². The Bertz CT molecular complexity index is 1470. The molecule has 0 fully saturated rings. The minimum Gasteiger partial charge on any atom is -0.309 e. The Morgan fingerprint density at radius 3 is 1.58 bits per heavy atom. The molecule has 0 heterocycles. The van der Waals surface area contributed by atoms with Crippen LogP contribution in [0.4, 0.5) is 17.1 Å². The van der Waals surface area contributed by atoms with E-state index >= 15 is 0 Å². The first-order valence-electron chi connectivity index (χ1n) is 10.6. The second-order valence-corrected chi connectivity index (χ2v) is 7.84. The van der Waals surface area contributed by atoms with E-state index in [4.69, 9.17) is 0 Å². The molecule has 146 valence electrons. The first-order valence-corrected chi connectivity index (χ1v) is 10.6. The second kappa shape index (κ2) is 7.30. The molecule has 0 atom stereocenters. The standard InChI is InChI=1S/C30H21N/c1-2-15-25(16-3-1)31(29-20-10-14-22-11-4-7-17-26(22)29)30-27-18-8-5-12-23(27)21-24-13-6-9-19-28(24)30/h1-21H. The molecule has 0 aliphatic carbocycles. The Balaban J connectivity index is 1.79. The molecule has 0 bridgehead atoms. The molecule has 1 heteroatoms. The summed E-state index contributed by atoms with van der Waals surface area (Å²) in [7, 11) is 0. The molecule has 0 radical (unpaired) electrons. The van der Waals surface area contributed by atoms with Crippen molar-refractivity contribution in [3.05, 3.63) is 127 Å². The van der Waals surface area contributed by atoms with Gasteiger partial charge < -0.3 is 4.90 Å². The number of fused-ring (bicyclic) bond motifs is 3. The van der Waals surface area contributed by atoms with Crippen LogP contribution in [0.15, 0.2) is 127 Å². The van der Waals surface area contributed by atoms with E-state index in [9.17, 15) is 0 Å². The predicted molar refractivity (Wildman–Crippen MR) is 134 cm³/mol. The van der Waals surface area contributed by atoms with Gasteiger partial charge >= 0.3 is 0 Å². The van der Waals surface area contributed by atoms with Gasteiger partial charge in [-0.3, -0.25) is 0 Å². The Morgan fingerprint density at radius 1 is 0.387 bits per heavy atom. The normalized spacial score (nSPS) is 11.2. The number of nitrogens with zero attached hydrogens (tertiary/aromatic N) is 1. The Kier molecular flexibility index (Phi) is 4.18. The first-order chi connectivity index (χ1) is 15.4. The van der Waals surface area contributed by atoms with E-state index in [2.05, 4.69) is 132 Å². The van der Waals surface area contributed by atoms with Crippen LogP contribution >= 0.6 is 0 Å². The summed E-state index contributed by atoms with van der Waals surface area (Å²) in [5.41, 5.74) is 3.56. The Morgan fingerprint density at radius 2 is 0.903 bits per heavy atom. The number of para-hydroxylation sites is 1. The van der Waals surface area contributed by atoms with Gasteiger partial charge in [-0.2, -0.15) is 0 Å². The summed E-state index contributed by atoms with van der Waals surface area (Å²) in [6.45, 7) is 0. The van der Waals surface area contributed by atoms with Gasteiger partial charge in [0.1, 0.15) is 0 Å². The largest absolute Gasteiger partial charge is 0.309 e. The summed E-state index contributed by atoms with van der Waals surface area (Å²) < 4.78 is 0. The van der Waals surface area contributed by atoms with E-state index in [0.29, 0.717) is 0 Å². The number of anilines is 3. The topological polar surface area (TPSA) is 3.24 Å². The van der Waals surface area contributed by atoms with Gasteiger partial charge in [-0.15, -0.1) is 0 Å². The van der Waals surface area contributed by atoms with Crippen LogP contribution in [0.1, 0.15) is 0 Å². The fourth-order valence-electron chi connectivity index (χ4n) is 4.60. The van der Waals surface area contributed by atoms with Gasteiger partial charge in [-0.05, 0) is 40.4 Å². The molecule has 6 aromatic rings. The zero-order valence-electron chi connectivity index (χ0n) is 17.1. The molecule has 0 saturated carbocycles. The number of benzene rings is 6. The zero-order valence-corrected chi connectivity index (χ0v) is 17.1. The lowest BCUT2D eigenvalue weighted by Gasteiger charge is -2.29. The molecule has 0 unspecified atom stereocenters. The molecule has 0 amide bonds. The van der Waals surface area contributed by atoms with Crippen molar-refractivity contribution < 1.29 is 0 Å². The van der Waals surface area contributed by atoms with Crippen molar-refractivity contribution in [1.29, 1.82) is 0 Å². The first kappa shape index (κ1) is 17.7. The lowest BCUT2D eigenvalue weighted by atomic mass is 9.98. The molecule has 0 aliphatic rings. The third kappa shape index (κ3) is 2.94. The zero-order chi connectivity index (χ0) is 20.6. The summed E-state index contributed by atoms with van der Waals surface area (Å²) in [4.78, 5) is 2.42. The Labute approximate surface area is 181 Å². The van der Waals surface area contributed by atoms with Gasteiger partial charge in [0.25, 0.3) is 0 Å². The van der Waals surface area contributed by atoms with Gasteiger partial charge in [-0.25, -0.2) is 0 Å². The molecular formula is C30H21N. The summed E-state index contributed by atoms with van der Waals surface area (Å²) >= 11 is 0. The SMILES string of the molecule is c1ccc(N(c2cccc3ccccc23)c2c3ccccc3cc3ccccc23)cc1. The van der Waals surface area contributed by atoms with Crippen molar-refractivity contribution in [1.82, 2.24) is 0 Å². The number of rotatable bonds is 3. The summed E-state index contributed by atoms with van der Waals surface area (Å²) in [5, 5.41) is 7.47. The van der Waals surface area contributed by atoms with E-state index in [0.717, 1.165) is 5.69 Å². The van der Waals surface area contributed by atoms with Gasteiger partial charge in [0.05, 0.1) is 11.4 Å². The fourth-order valence-corrected chi connectivity index (χ4v) is 4.60. The maximum absolute atomic E-state index is 2.42. The Hall–Kier alpha value is -4.10. The summed E-state index contributed by atoms with van der Waals surface area (Å²) in [5.74, 6) is 0. The molecule has 6 aromatic carbocycles. The van der Waals surface area contributed by atoms with E-state index in [-0.39, 0.29) is 0 Å². The molecule has 6 rings (SSSR count). The van der Waals surface area contributed by atoms with E-state index in [1.54, 1.807) is 0 Å². The van der Waals surface area contributed by atoms with Crippen LogP contribution in [0.2, 0.25) is 0 Å². The van der Waals surface area contributed by atoms with Crippen molar-refractivity contribution in [2.75, 3.05) is 4.90 Å². The molecule has 0 aliphatic heterocycles. The highest BCUT2D eigenvalue weighted by atomic mass is 15.1. The predicted octanol–water partition coefficient (Wildman–Crippen LogP) is 8.62. The lowest BCUT2D eigenvalue weighted by Crippen LogP contribution is -2.11. The van der Waals surface area contributed by atoms with Crippen molar-refractivity contribution in [2.45, 2.75) is 0 Å². The fraction of sp³-hybridized carbons (Fsp3) is 0. The molecule has 0 saturated heterocycles. The van der Waals surface area contributed by atoms with Crippen LogP contribution in [0.3, 0.4) is 0 Å². The van der Waals surface area contributed by atoms with E-state index < -0.39 is 0 Å². The maximum Gasteiger partial charge on any atom is 0.0618 e. The summed E-state index contributed by atoms with van der Waals surface area (Å²) in [6, 6.07) is 45.5. The number of hydrogen-bond acceptors (Lipinski definition) is 1. The minimum absolute atomic E-state index is 1.15. The van der Waals surface area contributed by atoms with Gasteiger partial charge in [-0.1, -0.05) is 103 Å². The average Bonchev–Trinajstić information content (AvgIpc) is 2.84. The van der Waals surface area contributed by atoms with Gasteiger partial charge in [0, 0.05) is 21.8 Å². The van der Waals surface area contributed by atoms with Crippen LogP contribution in [0.25, 0.3) is 32.3 Å². The lowest BCUT2D eigenvalue weighted by molar-refractivity contribution is 1.33. The molecular weight excluding hydrogens is 374 g/mol.